The number of hydrazine groups is 1. The summed E-state index contributed by atoms with van der Waals surface area (Å²) in [5, 5.41) is 15.3. The van der Waals surface area contributed by atoms with Crippen molar-refractivity contribution in [2.24, 2.45) is 0 Å². The van der Waals surface area contributed by atoms with Gasteiger partial charge in [-0.05, 0) is 6.42 Å². The van der Waals surface area contributed by atoms with E-state index in [1.54, 1.807) is 0 Å². The van der Waals surface area contributed by atoms with Gasteiger partial charge in [-0.2, -0.15) is 0 Å². The average molecular weight is 231 g/mol. The van der Waals surface area contributed by atoms with Crippen LogP contribution in [0.4, 0.5) is 0 Å². The number of aromatic carboxylic acids is 1. The summed E-state index contributed by atoms with van der Waals surface area (Å²) in [6.45, 7) is 3.68. The van der Waals surface area contributed by atoms with Crippen molar-refractivity contribution in [3.63, 3.8) is 0 Å². The van der Waals surface area contributed by atoms with Gasteiger partial charge in [-0.15, -0.1) is 11.3 Å². The van der Waals surface area contributed by atoms with Gasteiger partial charge in [0.2, 0.25) is 0 Å². The number of hydrogen-bond donors (Lipinski definition) is 0. The van der Waals surface area contributed by atoms with Crippen LogP contribution in [-0.4, -0.2) is 34.1 Å². The molecule has 0 spiro atoms. The van der Waals surface area contributed by atoms with Crippen LogP contribution < -0.4 is 24.0 Å². The molecule has 5 nitrogen and oxygen atoms in total. The Morgan fingerprint density at radius 2 is 2.00 bits per heavy atom. The Morgan fingerprint density at radius 3 is 2.69 bits per heavy atom. The van der Waals surface area contributed by atoms with Crippen LogP contribution in [0.3, 0.4) is 0 Å². The third kappa shape index (κ3) is 1.92. The SMILES string of the molecule is O=C([O-])c1nc2c(s1)CN1CCCN1C2.[Li+]. The molecular weight excluding hydrogens is 221 g/mol. The van der Waals surface area contributed by atoms with E-state index in [0.29, 0.717) is 0 Å². The zero-order valence-electron chi connectivity index (χ0n) is 9.10. The van der Waals surface area contributed by atoms with E-state index in [1.165, 1.54) is 17.8 Å². The second kappa shape index (κ2) is 4.47. The predicted molar refractivity (Wildman–Crippen MR) is 51.9 cm³/mol. The number of fused-ring (bicyclic) bond motifs is 2. The van der Waals surface area contributed by atoms with Gasteiger partial charge < -0.3 is 9.90 Å². The van der Waals surface area contributed by atoms with Gasteiger partial charge >= 0.3 is 18.9 Å². The van der Waals surface area contributed by atoms with Gasteiger partial charge in [0.05, 0.1) is 12.2 Å². The van der Waals surface area contributed by atoms with Crippen molar-refractivity contribution in [2.45, 2.75) is 19.5 Å². The third-order valence-electron chi connectivity index (χ3n) is 2.84. The molecule has 2 aliphatic heterocycles. The molecule has 2 aliphatic rings. The van der Waals surface area contributed by atoms with E-state index >= 15 is 0 Å². The van der Waals surface area contributed by atoms with E-state index in [2.05, 4.69) is 15.0 Å². The standard InChI is InChI=1S/C9H11N3O2S.Li/c13-9(14)8-10-6-4-11-2-1-3-12(11)5-7(6)15-8;/h1-5H2,(H,13,14);/q;+1/p-1. The number of carbonyl (C=O) groups is 1. The summed E-state index contributed by atoms with van der Waals surface area (Å²) < 4.78 is 0. The summed E-state index contributed by atoms with van der Waals surface area (Å²) in [7, 11) is 0. The van der Waals surface area contributed by atoms with Crippen LogP contribution in [0.5, 0.6) is 0 Å². The van der Waals surface area contributed by atoms with Crippen molar-refractivity contribution in [1.82, 2.24) is 15.0 Å². The summed E-state index contributed by atoms with van der Waals surface area (Å²) in [6.07, 6.45) is 1.18. The largest absolute Gasteiger partial charge is 1.00 e. The summed E-state index contributed by atoms with van der Waals surface area (Å²) in [5.41, 5.74) is 0.914. The van der Waals surface area contributed by atoms with Crippen molar-refractivity contribution < 1.29 is 28.8 Å². The van der Waals surface area contributed by atoms with Crippen LogP contribution in [0.25, 0.3) is 0 Å². The Hall–Kier alpha value is -0.383. The number of thiazole rings is 1. The number of hydrogen-bond acceptors (Lipinski definition) is 6. The van der Waals surface area contributed by atoms with Gasteiger partial charge in [0, 0.05) is 24.5 Å². The molecule has 0 bridgehead atoms. The van der Waals surface area contributed by atoms with Crippen molar-refractivity contribution in [2.75, 3.05) is 13.1 Å². The number of carboxylic acids is 1. The molecule has 1 aromatic heterocycles. The van der Waals surface area contributed by atoms with Crippen LogP contribution in [0, 0.1) is 0 Å². The molecule has 0 amide bonds. The first-order chi connectivity index (χ1) is 7.24. The minimum atomic E-state index is -1.16. The van der Waals surface area contributed by atoms with E-state index < -0.39 is 5.97 Å². The molecule has 3 heterocycles. The first kappa shape index (κ1) is 12.1. The van der Waals surface area contributed by atoms with Crippen molar-refractivity contribution in [1.29, 1.82) is 0 Å². The maximum atomic E-state index is 10.7. The molecule has 0 aromatic carbocycles. The van der Waals surface area contributed by atoms with E-state index in [4.69, 9.17) is 0 Å². The molecule has 7 heteroatoms. The van der Waals surface area contributed by atoms with Gasteiger partial charge in [-0.1, -0.05) is 0 Å². The van der Waals surface area contributed by atoms with E-state index in [1.807, 2.05) is 0 Å². The van der Waals surface area contributed by atoms with Crippen LogP contribution in [-0.2, 0) is 13.1 Å². The van der Waals surface area contributed by atoms with Crippen LogP contribution in [0.2, 0.25) is 0 Å². The molecular formula is C9H10LiN3O2S. The zero-order valence-corrected chi connectivity index (χ0v) is 9.92. The topological polar surface area (TPSA) is 59.5 Å². The Morgan fingerprint density at radius 1 is 1.31 bits per heavy atom. The molecule has 0 unspecified atom stereocenters. The maximum Gasteiger partial charge on any atom is 1.00 e. The molecule has 1 fully saturated rings. The number of nitrogens with zero attached hydrogens (tertiary/aromatic N) is 3. The average Bonchev–Trinajstić information content (AvgIpc) is 2.77. The number of carbonyl (C=O) groups excluding carboxylic acids is 1. The quantitative estimate of drug-likeness (QED) is 0.468. The maximum absolute atomic E-state index is 10.7. The summed E-state index contributed by atoms with van der Waals surface area (Å²) in [6, 6.07) is 0. The van der Waals surface area contributed by atoms with Gasteiger partial charge in [0.15, 0.2) is 0 Å². The Balaban J connectivity index is 0.000000963. The third-order valence-corrected chi connectivity index (χ3v) is 3.91. The van der Waals surface area contributed by atoms with Crippen molar-refractivity contribution in [3.8, 4) is 0 Å². The minimum absolute atomic E-state index is 0. The summed E-state index contributed by atoms with van der Waals surface area (Å²) in [4.78, 5) is 15.9. The molecule has 1 saturated heterocycles. The summed E-state index contributed by atoms with van der Waals surface area (Å²) in [5.74, 6) is -1.16. The predicted octanol–water partition coefficient (Wildman–Crippen LogP) is -3.55. The smallest absolute Gasteiger partial charge is 0.542 e. The Kier molecular flexibility index (Phi) is 3.38. The monoisotopic (exact) mass is 231 g/mol. The molecule has 0 atom stereocenters. The van der Waals surface area contributed by atoms with E-state index in [-0.39, 0.29) is 23.9 Å². The van der Waals surface area contributed by atoms with Crippen molar-refractivity contribution in [3.05, 3.63) is 15.6 Å². The first-order valence-electron chi connectivity index (χ1n) is 4.94. The second-order valence-electron chi connectivity index (χ2n) is 3.81. The number of aromatic nitrogens is 1. The number of rotatable bonds is 1. The molecule has 1 aromatic rings. The first-order valence-corrected chi connectivity index (χ1v) is 5.75. The molecule has 80 valence electrons. The van der Waals surface area contributed by atoms with Gasteiger partial charge in [-0.3, -0.25) is 0 Å². The fraction of sp³-hybridized carbons (Fsp3) is 0.556. The van der Waals surface area contributed by atoms with Crippen molar-refractivity contribution >= 4 is 17.3 Å². The van der Waals surface area contributed by atoms with Gasteiger partial charge in [0.25, 0.3) is 0 Å². The minimum Gasteiger partial charge on any atom is -0.542 e. The normalized spacial score (nSPS) is 20.0. The molecule has 0 saturated carbocycles. The van der Waals surface area contributed by atoms with Gasteiger partial charge in [0.1, 0.15) is 11.0 Å². The molecule has 3 rings (SSSR count). The second-order valence-corrected chi connectivity index (χ2v) is 4.89. The van der Waals surface area contributed by atoms with Crippen LogP contribution in [0.1, 0.15) is 26.8 Å². The molecule has 16 heavy (non-hydrogen) atoms. The van der Waals surface area contributed by atoms with Crippen LogP contribution >= 0.6 is 11.3 Å². The Labute approximate surface area is 109 Å². The molecule has 0 N–H and O–H groups in total. The van der Waals surface area contributed by atoms with Gasteiger partial charge in [-0.25, -0.2) is 15.0 Å². The fourth-order valence-corrected chi connectivity index (χ4v) is 3.05. The number of carboxylic acid groups (broad SMARTS) is 1. The van der Waals surface area contributed by atoms with E-state index in [0.717, 1.165) is 36.8 Å². The van der Waals surface area contributed by atoms with E-state index in [9.17, 15) is 9.90 Å². The Bertz CT molecular complexity index is 393. The summed E-state index contributed by atoms with van der Waals surface area (Å²) >= 11 is 1.25. The fourth-order valence-electron chi connectivity index (χ4n) is 2.13. The zero-order chi connectivity index (χ0) is 10.4. The molecule has 0 aliphatic carbocycles. The molecule has 0 radical (unpaired) electrons. The van der Waals surface area contributed by atoms with Crippen LogP contribution in [0.15, 0.2) is 0 Å².